The fraction of sp³-hybridized carbons (Fsp3) is 0.118. The van der Waals surface area contributed by atoms with Crippen molar-refractivity contribution in [2.24, 2.45) is 0 Å². The number of Topliss-reactive ketones (excluding diaryl/α,β-unsaturated/α-hetero) is 1. The van der Waals surface area contributed by atoms with Crippen molar-refractivity contribution < 1.29 is 19.4 Å². The predicted octanol–water partition coefficient (Wildman–Crippen LogP) is 2.75. The molecule has 1 N–H and O–H groups in total. The van der Waals surface area contributed by atoms with Gasteiger partial charge in [0, 0.05) is 18.0 Å². The number of carboxylic acid groups (broad SMARTS) is 1. The van der Waals surface area contributed by atoms with Crippen molar-refractivity contribution in [3.63, 3.8) is 0 Å². The number of benzene rings is 1. The highest BCUT2D eigenvalue weighted by Gasteiger charge is 2.19. The van der Waals surface area contributed by atoms with Gasteiger partial charge in [-0.05, 0) is 54.5 Å². The van der Waals surface area contributed by atoms with Gasteiger partial charge in [-0.3, -0.25) is 9.78 Å². The van der Waals surface area contributed by atoms with E-state index in [1.807, 2.05) is 6.92 Å². The number of carboxylic acids is 1. The minimum atomic E-state index is -1.28. The number of rotatable bonds is 5. The van der Waals surface area contributed by atoms with E-state index in [0.717, 1.165) is 5.56 Å². The number of hydrogen-bond acceptors (Lipinski definition) is 4. The molecule has 0 saturated heterocycles. The largest absolute Gasteiger partial charge is 0.497 e. The molecule has 22 heavy (non-hydrogen) atoms. The molecule has 0 spiro atoms. The Bertz CT molecular complexity index is 733. The number of carbonyl (C=O) groups excluding carboxylic acids is 1. The molecule has 0 aliphatic carbocycles. The van der Waals surface area contributed by atoms with Gasteiger partial charge in [-0.1, -0.05) is 0 Å². The summed E-state index contributed by atoms with van der Waals surface area (Å²) in [6, 6.07) is 8.05. The lowest BCUT2D eigenvalue weighted by Crippen LogP contribution is -2.12. The summed E-state index contributed by atoms with van der Waals surface area (Å²) in [7, 11) is 1.52. The van der Waals surface area contributed by atoms with Gasteiger partial charge in [0.15, 0.2) is 5.78 Å². The Hall–Kier alpha value is -2.95. The van der Waals surface area contributed by atoms with Crippen molar-refractivity contribution in [1.29, 1.82) is 0 Å². The highest BCUT2D eigenvalue weighted by atomic mass is 16.5. The summed E-state index contributed by atoms with van der Waals surface area (Å²) in [5.74, 6) is -1.24. The number of ether oxygens (including phenoxy) is 1. The summed E-state index contributed by atoms with van der Waals surface area (Å²) in [6.45, 7) is 1.84. The normalized spacial score (nSPS) is 11.1. The first-order chi connectivity index (χ1) is 10.5. The van der Waals surface area contributed by atoms with Crippen LogP contribution in [0.2, 0.25) is 0 Å². The van der Waals surface area contributed by atoms with E-state index in [9.17, 15) is 14.7 Å². The second-order valence-corrected chi connectivity index (χ2v) is 4.72. The van der Waals surface area contributed by atoms with Crippen LogP contribution in [0.25, 0.3) is 6.08 Å². The number of aryl methyl sites for hydroxylation is 1. The lowest BCUT2D eigenvalue weighted by Gasteiger charge is -2.04. The first-order valence-corrected chi connectivity index (χ1v) is 6.56. The molecule has 0 atom stereocenters. The molecule has 1 aromatic heterocycles. The molecule has 0 saturated carbocycles. The molecule has 0 amide bonds. The molecule has 0 radical (unpaired) electrons. The van der Waals surface area contributed by atoms with E-state index >= 15 is 0 Å². The Morgan fingerprint density at radius 2 is 1.86 bits per heavy atom. The minimum Gasteiger partial charge on any atom is -0.497 e. The van der Waals surface area contributed by atoms with Crippen molar-refractivity contribution >= 4 is 17.8 Å². The number of ketones is 1. The van der Waals surface area contributed by atoms with Crippen LogP contribution in [0.1, 0.15) is 21.5 Å². The molecule has 2 aromatic rings. The zero-order chi connectivity index (χ0) is 16.1. The van der Waals surface area contributed by atoms with Crippen LogP contribution in [0.4, 0.5) is 0 Å². The van der Waals surface area contributed by atoms with Gasteiger partial charge in [0.2, 0.25) is 0 Å². The van der Waals surface area contributed by atoms with Crippen molar-refractivity contribution in [3.05, 3.63) is 65.0 Å². The van der Waals surface area contributed by atoms with E-state index in [0.29, 0.717) is 11.3 Å². The molecule has 0 unspecified atom stereocenters. The number of hydrogen-bond donors (Lipinski definition) is 1. The lowest BCUT2D eigenvalue weighted by atomic mass is 10.0. The van der Waals surface area contributed by atoms with E-state index in [-0.39, 0.29) is 11.1 Å². The minimum absolute atomic E-state index is 0.287. The van der Waals surface area contributed by atoms with E-state index in [4.69, 9.17) is 4.74 Å². The van der Waals surface area contributed by atoms with Crippen LogP contribution in [-0.4, -0.2) is 29.0 Å². The maximum Gasteiger partial charge on any atom is 0.339 e. The van der Waals surface area contributed by atoms with E-state index in [1.165, 1.54) is 31.5 Å². The van der Waals surface area contributed by atoms with Gasteiger partial charge in [0.25, 0.3) is 0 Å². The molecule has 112 valence electrons. The first-order valence-electron chi connectivity index (χ1n) is 6.56. The molecule has 0 aliphatic rings. The number of carbonyl (C=O) groups is 2. The summed E-state index contributed by atoms with van der Waals surface area (Å²) < 4.78 is 5.02. The fourth-order valence-electron chi connectivity index (χ4n) is 1.95. The van der Waals surface area contributed by atoms with E-state index in [1.54, 1.807) is 24.4 Å². The summed E-state index contributed by atoms with van der Waals surface area (Å²) in [4.78, 5) is 27.7. The van der Waals surface area contributed by atoms with Crippen molar-refractivity contribution in [2.75, 3.05) is 7.11 Å². The van der Waals surface area contributed by atoms with Gasteiger partial charge in [-0.2, -0.15) is 0 Å². The molecule has 0 fully saturated rings. The second-order valence-electron chi connectivity index (χ2n) is 4.72. The zero-order valence-electron chi connectivity index (χ0n) is 12.2. The van der Waals surface area contributed by atoms with E-state index in [2.05, 4.69) is 4.98 Å². The van der Waals surface area contributed by atoms with Crippen LogP contribution < -0.4 is 4.74 Å². The van der Waals surface area contributed by atoms with E-state index < -0.39 is 11.8 Å². The van der Waals surface area contributed by atoms with Crippen LogP contribution in [0, 0.1) is 6.92 Å². The average molecular weight is 297 g/mol. The molecule has 5 nitrogen and oxygen atoms in total. The average Bonchev–Trinajstić information content (AvgIpc) is 2.52. The molecule has 0 aliphatic heterocycles. The van der Waals surface area contributed by atoms with Crippen LogP contribution in [-0.2, 0) is 4.79 Å². The lowest BCUT2D eigenvalue weighted by molar-refractivity contribution is -0.132. The molecule has 1 aromatic carbocycles. The van der Waals surface area contributed by atoms with Crippen LogP contribution >= 0.6 is 0 Å². The predicted molar refractivity (Wildman–Crippen MR) is 81.9 cm³/mol. The standard InChI is InChI=1S/C17H15NO4/c1-11-7-12(10-18-9-11)8-15(17(20)21)16(19)13-3-5-14(22-2)6-4-13/h3-10H,1-2H3,(H,20,21). The number of pyridine rings is 1. The van der Waals surface area contributed by atoms with Crippen molar-refractivity contribution in [1.82, 2.24) is 4.98 Å². The Kier molecular flexibility index (Phi) is 4.68. The molecular formula is C17H15NO4. The van der Waals surface area contributed by atoms with Gasteiger partial charge in [-0.15, -0.1) is 0 Å². The molecular weight excluding hydrogens is 282 g/mol. The first kappa shape index (κ1) is 15.4. The molecule has 2 rings (SSSR count). The van der Waals surface area contributed by atoms with Gasteiger partial charge in [0.05, 0.1) is 7.11 Å². The summed E-state index contributed by atoms with van der Waals surface area (Å²) in [5.41, 5.74) is 1.43. The fourth-order valence-corrected chi connectivity index (χ4v) is 1.95. The Labute approximate surface area is 127 Å². The Morgan fingerprint density at radius 1 is 1.18 bits per heavy atom. The smallest absolute Gasteiger partial charge is 0.339 e. The SMILES string of the molecule is COc1ccc(C(=O)C(=Cc2cncc(C)c2)C(=O)O)cc1. The van der Waals surface area contributed by atoms with Crippen LogP contribution in [0.3, 0.4) is 0 Å². The number of aromatic nitrogens is 1. The third kappa shape index (κ3) is 3.58. The van der Waals surface area contributed by atoms with Crippen molar-refractivity contribution in [2.45, 2.75) is 6.92 Å². The Morgan fingerprint density at radius 3 is 2.41 bits per heavy atom. The second kappa shape index (κ2) is 6.67. The van der Waals surface area contributed by atoms with Gasteiger partial charge in [0.1, 0.15) is 11.3 Å². The van der Waals surface area contributed by atoms with Crippen molar-refractivity contribution in [3.8, 4) is 5.75 Å². The molecule has 0 bridgehead atoms. The van der Waals surface area contributed by atoms with Crippen LogP contribution in [0.15, 0.2) is 48.3 Å². The number of aliphatic carboxylic acids is 1. The van der Waals surface area contributed by atoms with Gasteiger partial charge >= 0.3 is 5.97 Å². The monoisotopic (exact) mass is 297 g/mol. The molecule has 1 heterocycles. The quantitative estimate of drug-likeness (QED) is 0.397. The van der Waals surface area contributed by atoms with Gasteiger partial charge < -0.3 is 9.84 Å². The maximum atomic E-state index is 12.4. The summed E-state index contributed by atoms with van der Waals surface area (Å²) in [6.07, 6.45) is 4.50. The molecule has 5 heteroatoms. The third-order valence-electron chi connectivity index (χ3n) is 3.03. The zero-order valence-corrected chi connectivity index (χ0v) is 12.2. The summed E-state index contributed by atoms with van der Waals surface area (Å²) >= 11 is 0. The summed E-state index contributed by atoms with van der Waals surface area (Å²) in [5, 5.41) is 9.30. The number of nitrogens with zero attached hydrogens (tertiary/aromatic N) is 1. The van der Waals surface area contributed by atoms with Crippen LogP contribution in [0.5, 0.6) is 5.75 Å². The topological polar surface area (TPSA) is 76.5 Å². The Balaban J connectivity index is 2.38. The number of methoxy groups -OCH3 is 1. The third-order valence-corrected chi connectivity index (χ3v) is 3.03. The highest BCUT2D eigenvalue weighted by molar-refractivity contribution is 6.26. The maximum absolute atomic E-state index is 12.4. The van der Waals surface area contributed by atoms with Gasteiger partial charge in [-0.25, -0.2) is 4.79 Å². The highest BCUT2D eigenvalue weighted by Crippen LogP contribution is 2.17.